The molecule has 0 bridgehead atoms. The highest BCUT2D eigenvalue weighted by molar-refractivity contribution is 5.84. The van der Waals surface area contributed by atoms with Gasteiger partial charge in [-0.05, 0) is 13.0 Å². The first-order valence-corrected chi connectivity index (χ1v) is 3.22. The second-order valence-electron chi connectivity index (χ2n) is 2.20. The van der Waals surface area contributed by atoms with Crippen molar-refractivity contribution in [2.24, 2.45) is 0 Å². The third-order valence-electron chi connectivity index (χ3n) is 1.26. The predicted molar refractivity (Wildman–Crippen MR) is 35.3 cm³/mol. The standard InChI is InChI=1S/C7H10O3/c1-3-9-7(2)5-4-6(8)10-7/h4-5H,3H2,1-2H3. The van der Waals surface area contributed by atoms with Gasteiger partial charge < -0.3 is 9.47 Å². The molecule has 0 spiro atoms. The third-order valence-corrected chi connectivity index (χ3v) is 1.26. The molecule has 0 saturated carbocycles. The summed E-state index contributed by atoms with van der Waals surface area (Å²) in [6.45, 7) is 4.09. The zero-order valence-corrected chi connectivity index (χ0v) is 6.09. The zero-order valence-electron chi connectivity index (χ0n) is 6.09. The summed E-state index contributed by atoms with van der Waals surface area (Å²) in [5, 5.41) is 0. The van der Waals surface area contributed by atoms with Crippen LogP contribution in [-0.2, 0) is 14.3 Å². The first-order chi connectivity index (χ1) is 4.66. The summed E-state index contributed by atoms with van der Waals surface area (Å²) in [4.78, 5) is 10.5. The highest BCUT2D eigenvalue weighted by Crippen LogP contribution is 2.19. The van der Waals surface area contributed by atoms with Gasteiger partial charge in [-0.25, -0.2) is 4.79 Å². The van der Waals surface area contributed by atoms with Gasteiger partial charge in [0.1, 0.15) is 0 Å². The maximum absolute atomic E-state index is 10.5. The van der Waals surface area contributed by atoms with E-state index in [0.29, 0.717) is 6.61 Å². The molecule has 1 aliphatic rings. The summed E-state index contributed by atoms with van der Waals surface area (Å²) in [7, 11) is 0. The Labute approximate surface area is 59.6 Å². The molecule has 0 saturated heterocycles. The number of rotatable bonds is 2. The fraction of sp³-hybridized carbons (Fsp3) is 0.571. The molecule has 0 amide bonds. The maximum atomic E-state index is 10.5. The summed E-state index contributed by atoms with van der Waals surface area (Å²) in [5.41, 5.74) is 0. The van der Waals surface area contributed by atoms with E-state index in [4.69, 9.17) is 9.47 Å². The van der Waals surface area contributed by atoms with E-state index in [-0.39, 0.29) is 5.97 Å². The normalized spacial score (nSPS) is 30.8. The molecule has 0 N–H and O–H groups in total. The van der Waals surface area contributed by atoms with Crippen LogP contribution in [0.1, 0.15) is 13.8 Å². The molecule has 3 nitrogen and oxygen atoms in total. The van der Waals surface area contributed by atoms with Gasteiger partial charge in [-0.2, -0.15) is 0 Å². The third kappa shape index (κ3) is 1.36. The van der Waals surface area contributed by atoms with Crippen molar-refractivity contribution in [1.82, 2.24) is 0 Å². The lowest BCUT2D eigenvalue weighted by molar-refractivity contribution is -0.188. The average Bonchev–Trinajstić information content (AvgIpc) is 2.12. The number of ether oxygens (including phenoxy) is 2. The number of carbonyl (C=O) groups excluding carboxylic acids is 1. The summed E-state index contributed by atoms with van der Waals surface area (Å²) >= 11 is 0. The fourth-order valence-corrected chi connectivity index (χ4v) is 0.851. The number of hydrogen-bond donors (Lipinski definition) is 0. The molecule has 1 aliphatic heterocycles. The van der Waals surface area contributed by atoms with Crippen LogP contribution < -0.4 is 0 Å². The molecule has 1 rings (SSSR count). The first kappa shape index (κ1) is 7.28. The SMILES string of the molecule is CCOC1(C)C=CC(=O)O1. The Hall–Kier alpha value is -0.830. The second kappa shape index (κ2) is 2.42. The van der Waals surface area contributed by atoms with Crippen molar-refractivity contribution in [2.75, 3.05) is 6.61 Å². The lowest BCUT2D eigenvalue weighted by Gasteiger charge is -2.20. The van der Waals surface area contributed by atoms with Gasteiger partial charge in [-0.1, -0.05) is 0 Å². The van der Waals surface area contributed by atoms with Crippen molar-refractivity contribution in [2.45, 2.75) is 19.6 Å². The van der Waals surface area contributed by atoms with Crippen molar-refractivity contribution >= 4 is 5.97 Å². The van der Waals surface area contributed by atoms with E-state index in [1.165, 1.54) is 6.08 Å². The van der Waals surface area contributed by atoms with Crippen molar-refractivity contribution in [3.63, 3.8) is 0 Å². The molecule has 0 aromatic rings. The van der Waals surface area contributed by atoms with Crippen LogP contribution in [0.3, 0.4) is 0 Å². The molecule has 0 fully saturated rings. The summed E-state index contributed by atoms with van der Waals surface area (Å²) in [6.07, 6.45) is 2.98. The molecule has 1 atom stereocenters. The zero-order chi connectivity index (χ0) is 7.61. The van der Waals surface area contributed by atoms with E-state index in [1.54, 1.807) is 13.0 Å². The Kier molecular flexibility index (Phi) is 1.76. The topological polar surface area (TPSA) is 35.5 Å². The van der Waals surface area contributed by atoms with Gasteiger partial charge in [0.2, 0.25) is 5.79 Å². The smallest absolute Gasteiger partial charge is 0.333 e. The minimum absolute atomic E-state index is 0.337. The summed E-state index contributed by atoms with van der Waals surface area (Å²) in [6, 6.07) is 0. The average molecular weight is 142 g/mol. The minimum Gasteiger partial charge on any atom is -0.426 e. The van der Waals surface area contributed by atoms with Gasteiger partial charge in [0.05, 0.1) is 0 Å². The van der Waals surface area contributed by atoms with E-state index >= 15 is 0 Å². The Bertz CT molecular complexity index is 174. The second-order valence-corrected chi connectivity index (χ2v) is 2.20. The highest BCUT2D eigenvalue weighted by atomic mass is 16.7. The molecule has 0 aromatic heterocycles. The van der Waals surface area contributed by atoms with E-state index in [1.807, 2.05) is 6.92 Å². The summed E-state index contributed by atoms with van der Waals surface area (Å²) < 4.78 is 9.95. The molecule has 56 valence electrons. The molecular formula is C7H10O3. The van der Waals surface area contributed by atoms with Crippen molar-refractivity contribution in [3.05, 3.63) is 12.2 Å². The molecule has 0 aromatic carbocycles. The molecule has 0 radical (unpaired) electrons. The number of carbonyl (C=O) groups is 1. The van der Waals surface area contributed by atoms with Crippen LogP contribution >= 0.6 is 0 Å². The van der Waals surface area contributed by atoms with Gasteiger partial charge in [0.25, 0.3) is 0 Å². The molecule has 0 aliphatic carbocycles. The number of cyclic esters (lactones) is 1. The number of esters is 1. The van der Waals surface area contributed by atoms with Crippen LogP contribution in [0.25, 0.3) is 0 Å². The fourth-order valence-electron chi connectivity index (χ4n) is 0.851. The summed E-state index contributed by atoms with van der Waals surface area (Å²) in [5.74, 6) is -1.15. The van der Waals surface area contributed by atoms with Crippen molar-refractivity contribution < 1.29 is 14.3 Å². The van der Waals surface area contributed by atoms with E-state index in [0.717, 1.165) is 0 Å². The van der Waals surface area contributed by atoms with Crippen LogP contribution in [0.15, 0.2) is 12.2 Å². The lowest BCUT2D eigenvalue weighted by Crippen LogP contribution is -2.27. The molecule has 1 heterocycles. The van der Waals surface area contributed by atoms with Crippen LogP contribution in [0.4, 0.5) is 0 Å². The van der Waals surface area contributed by atoms with E-state index in [9.17, 15) is 4.79 Å². The Morgan fingerprint density at radius 1 is 1.80 bits per heavy atom. The quantitative estimate of drug-likeness (QED) is 0.536. The molecule has 1 unspecified atom stereocenters. The van der Waals surface area contributed by atoms with Gasteiger partial charge in [-0.3, -0.25) is 0 Å². The molecule has 3 heteroatoms. The Balaban J connectivity index is 2.56. The van der Waals surface area contributed by atoms with Crippen molar-refractivity contribution in [1.29, 1.82) is 0 Å². The van der Waals surface area contributed by atoms with Gasteiger partial charge in [-0.15, -0.1) is 0 Å². The van der Waals surface area contributed by atoms with Crippen LogP contribution in [0, 0.1) is 0 Å². The van der Waals surface area contributed by atoms with E-state index in [2.05, 4.69) is 0 Å². The predicted octanol–water partition coefficient (Wildman–Crippen LogP) is 0.852. The molecule has 10 heavy (non-hydrogen) atoms. The lowest BCUT2D eigenvalue weighted by atomic mass is 10.3. The maximum Gasteiger partial charge on any atom is 0.333 e. The largest absolute Gasteiger partial charge is 0.426 e. The Morgan fingerprint density at radius 3 is 2.90 bits per heavy atom. The van der Waals surface area contributed by atoms with Crippen molar-refractivity contribution in [3.8, 4) is 0 Å². The minimum atomic E-state index is -0.814. The highest BCUT2D eigenvalue weighted by Gasteiger charge is 2.30. The monoisotopic (exact) mass is 142 g/mol. The van der Waals surface area contributed by atoms with Gasteiger partial charge >= 0.3 is 5.97 Å². The van der Waals surface area contributed by atoms with E-state index < -0.39 is 5.79 Å². The van der Waals surface area contributed by atoms with Crippen LogP contribution in [-0.4, -0.2) is 18.4 Å². The van der Waals surface area contributed by atoms with Gasteiger partial charge in [0, 0.05) is 19.6 Å². The number of hydrogen-bond acceptors (Lipinski definition) is 3. The first-order valence-electron chi connectivity index (χ1n) is 3.22. The molecular weight excluding hydrogens is 132 g/mol. The Morgan fingerprint density at radius 2 is 2.50 bits per heavy atom. The van der Waals surface area contributed by atoms with Crippen LogP contribution in [0.5, 0.6) is 0 Å². The van der Waals surface area contributed by atoms with Crippen LogP contribution in [0.2, 0.25) is 0 Å². The van der Waals surface area contributed by atoms with Gasteiger partial charge in [0.15, 0.2) is 0 Å².